The van der Waals surface area contributed by atoms with Gasteiger partial charge in [-0.05, 0) is 55.7 Å². The van der Waals surface area contributed by atoms with Gasteiger partial charge in [-0.25, -0.2) is 4.79 Å². The van der Waals surface area contributed by atoms with E-state index in [9.17, 15) is 4.79 Å². The Kier molecular flexibility index (Phi) is 5.86. The van der Waals surface area contributed by atoms with E-state index < -0.39 is 0 Å². The lowest BCUT2D eigenvalue weighted by Gasteiger charge is -2.32. The summed E-state index contributed by atoms with van der Waals surface area (Å²) in [7, 11) is 0. The smallest absolute Gasteiger partial charge is 0.315 e. The summed E-state index contributed by atoms with van der Waals surface area (Å²) in [6.45, 7) is 4.07. The van der Waals surface area contributed by atoms with E-state index in [1.165, 1.54) is 24.8 Å². The lowest BCUT2D eigenvalue weighted by Crippen LogP contribution is -2.49. The summed E-state index contributed by atoms with van der Waals surface area (Å²) in [6, 6.07) is 4.52. The molecule has 1 aliphatic carbocycles. The Balaban J connectivity index is 1.29. The van der Waals surface area contributed by atoms with Crippen molar-refractivity contribution in [1.82, 2.24) is 20.5 Å². The van der Waals surface area contributed by atoms with Gasteiger partial charge in [0.1, 0.15) is 0 Å². The maximum Gasteiger partial charge on any atom is 0.315 e. The second kappa shape index (κ2) is 8.29. The third-order valence-electron chi connectivity index (χ3n) is 5.16. The van der Waals surface area contributed by atoms with Gasteiger partial charge in [0.05, 0.1) is 0 Å². The number of hydrogen-bond acceptors (Lipinski definition) is 3. The number of carbonyl (C=O) groups is 1. The zero-order valence-electron chi connectivity index (χ0n) is 13.8. The fourth-order valence-corrected chi connectivity index (χ4v) is 3.31. The van der Waals surface area contributed by atoms with E-state index in [1.54, 1.807) is 0 Å². The van der Waals surface area contributed by atoms with Gasteiger partial charge in [0, 0.05) is 44.6 Å². The van der Waals surface area contributed by atoms with Crippen LogP contribution in [-0.2, 0) is 6.42 Å². The zero-order valence-corrected chi connectivity index (χ0v) is 13.8. The molecule has 5 heteroatoms. The Bertz CT molecular complexity index is 481. The summed E-state index contributed by atoms with van der Waals surface area (Å²) in [6.07, 6.45) is 10.8. The number of nitrogens with one attached hydrogen (secondary N) is 2. The first-order valence-corrected chi connectivity index (χ1v) is 8.95. The van der Waals surface area contributed by atoms with Crippen molar-refractivity contribution in [3.63, 3.8) is 0 Å². The second-order valence-corrected chi connectivity index (χ2v) is 6.87. The molecule has 0 unspecified atom stereocenters. The van der Waals surface area contributed by atoms with Crippen LogP contribution in [0.3, 0.4) is 0 Å². The maximum atomic E-state index is 11.9. The second-order valence-electron chi connectivity index (χ2n) is 6.87. The lowest BCUT2D eigenvalue weighted by molar-refractivity contribution is 0.192. The lowest BCUT2D eigenvalue weighted by atomic mass is 9.85. The van der Waals surface area contributed by atoms with Crippen molar-refractivity contribution in [1.29, 1.82) is 0 Å². The third-order valence-corrected chi connectivity index (χ3v) is 5.16. The maximum absolute atomic E-state index is 11.9. The van der Waals surface area contributed by atoms with Gasteiger partial charge in [0.2, 0.25) is 0 Å². The topological polar surface area (TPSA) is 57.3 Å². The first-order valence-electron chi connectivity index (χ1n) is 8.95. The van der Waals surface area contributed by atoms with Gasteiger partial charge in [-0.15, -0.1) is 0 Å². The van der Waals surface area contributed by atoms with E-state index in [2.05, 4.69) is 32.7 Å². The quantitative estimate of drug-likeness (QED) is 0.846. The summed E-state index contributed by atoms with van der Waals surface area (Å²) in [4.78, 5) is 18.5. The average molecular weight is 316 g/mol. The minimum atomic E-state index is 0.0205. The predicted octanol–water partition coefficient (Wildman–Crippen LogP) is 2.19. The molecule has 0 spiro atoms. The molecule has 0 atom stereocenters. The summed E-state index contributed by atoms with van der Waals surface area (Å²) >= 11 is 0. The molecule has 1 aromatic rings. The van der Waals surface area contributed by atoms with E-state index in [4.69, 9.17) is 0 Å². The summed E-state index contributed by atoms with van der Waals surface area (Å²) in [5.74, 6) is 0.718. The molecule has 3 rings (SSSR count). The van der Waals surface area contributed by atoms with Crippen LogP contribution in [0.5, 0.6) is 0 Å². The number of nitrogens with zero attached hydrogens (tertiary/aromatic N) is 2. The average Bonchev–Trinajstić information content (AvgIpc) is 2.54. The van der Waals surface area contributed by atoms with Crippen molar-refractivity contribution >= 4 is 6.03 Å². The molecule has 126 valence electrons. The number of urea groups is 1. The molecular formula is C18H28N4O. The number of rotatable bonds is 6. The molecule has 2 aliphatic rings. The molecule has 2 N–H and O–H groups in total. The van der Waals surface area contributed by atoms with Crippen molar-refractivity contribution in [2.75, 3.05) is 26.2 Å². The molecule has 0 bridgehead atoms. The molecule has 2 amide bonds. The van der Waals surface area contributed by atoms with Crippen LogP contribution in [0.25, 0.3) is 0 Å². The number of carbonyl (C=O) groups excluding carboxylic acids is 1. The molecule has 23 heavy (non-hydrogen) atoms. The van der Waals surface area contributed by atoms with Gasteiger partial charge in [-0.1, -0.05) is 6.42 Å². The molecule has 0 radical (unpaired) electrons. The number of likely N-dealkylation sites (tertiary alicyclic amines) is 1. The molecule has 1 saturated heterocycles. The van der Waals surface area contributed by atoms with Crippen molar-refractivity contribution in [2.24, 2.45) is 5.92 Å². The highest BCUT2D eigenvalue weighted by Crippen LogP contribution is 2.25. The van der Waals surface area contributed by atoms with E-state index in [0.29, 0.717) is 6.04 Å². The number of amides is 2. The van der Waals surface area contributed by atoms with Crippen LogP contribution < -0.4 is 10.6 Å². The Morgan fingerprint density at radius 1 is 1.17 bits per heavy atom. The Labute approximate surface area is 138 Å². The normalized spacial score (nSPS) is 20.0. The van der Waals surface area contributed by atoms with Crippen LogP contribution in [0, 0.1) is 5.92 Å². The van der Waals surface area contributed by atoms with Crippen molar-refractivity contribution in [3.05, 3.63) is 30.1 Å². The fraction of sp³-hybridized carbons (Fsp3) is 0.667. The van der Waals surface area contributed by atoms with Gasteiger partial charge < -0.3 is 15.5 Å². The number of aromatic nitrogens is 1. The van der Waals surface area contributed by atoms with Gasteiger partial charge in [0.25, 0.3) is 0 Å². The fourth-order valence-electron chi connectivity index (χ4n) is 3.31. The molecular weight excluding hydrogens is 288 g/mol. The highest BCUT2D eigenvalue weighted by molar-refractivity contribution is 5.74. The summed E-state index contributed by atoms with van der Waals surface area (Å²) < 4.78 is 0. The van der Waals surface area contributed by atoms with Gasteiger partial charge in [-0.2, -0.15) is 0 Å². The molecule has 0 aromatic carbocycles. The highest BCUT2D eigenvalue weighted by atomic mass is 16.2. The van der Waals surface area contributed by atoms with Crippen LogP contribution in [-0.4, -0.2) is 48.1 Å². The Hall–Kier alpha value is -1.62. The van der Waals surface area contributed by atoms with Gasteiger partial charge >= 0.3 is 6.03 Å². The van der Waals surface area contributed by atoms with E-state index in [1.807, 2.05) is 12.4 Å². The summed E-state index contributed by atoms with van der Waals surface area (Å²) in [5, 5.41) is 6.15. The first kappa shape index (κ1) is 16.2. The minimum absolute atomic E-state index is 0.0205. The van der Waals surface area contributed by atoms with Crippen LogP contribution in [0.4, 0.5) is 4.79 Å². The number of piperidine rings is 1. The number of hydrogen-bond donors (Lipinski definition) is 2. The van der Waals surface area contributed by atoms with Gasteiger partial charge in [0.15, 0.2) is 0 Å². The monoisotopic (exact) mass is 316 g/mol. The largest absolute Gasteiger partial charge is 0.338 e. The Morgan fingerprint density at radius 2 is 1.91 bits per heavy atom. The molecule has 5 nitrogen and oxygen atoms in total. The van der Waals surface area contributed by atoms with Crippen molar-refractivity contribution in [2.45, 2.75) is 44.6 Å². The SMILES string of the molecule is O=C(NCC1CCC1)NC1CCN(CCc2ccncc2)CC1. The Morgan fingerprint density at radius 3 is 2.57 bits per heavy atom. The van der Waals surface area contributed by atoms with E-state index >= 15 is 0 Å². The number of pyridine rings is 1. The molecule has 1 aromatic heterocycles. The van der Waals surface area contributed by atoms with E-state index in [-0.39, 0.29) is 6.03 Å². The van der Waals surface area contributed by atoms with Crippen LogP contribution in [0.15, 0.2) is 24.5 Å². The first-order chi connectivity index (χ1) is 11.3. The van der Waals surface area contributed by atoms with Crippen molar-refractivity contribution in [3.8, 4) is 0 Å². The third kappa shape index (κ3) is 5.20. The summed E-state index contributed by atoms with van der Waals surface area (Å²) in [5.41, 5.74) is 1.34. The predicted molar refractivity (Wildman–Crippen MR) is 91.3 cm³/mol. The molecule has 2 fully saturated rings. The van der Waals surface area contributed by atoms with Crippen LogP contribution in [0.2, 0.25) is 0 Å². The molecule has 1 aliphatic heterocycles. The van der Waals surface area contributed by atoms with Crippen molar-refractivity contribution < 1.29 is 4.79 Å². The van der Waals surface area contributed by atoms with Gasteiger partial charge in [-0.3, -0.25) is 4.98 Å². The van der Waals surface area contributed by atoms with Crippen LogP contribution in [0.1, 0.15) is 37.7 Å². The zero-order chi connectivity index (χ0) is 15.9. The highest BCUT2D eigenvalue weighted by Gasteiger charge is 2.22. The molecule has 2 heterocycles. The minimum Gasteiger partial charge on any atom is -0.338 e. The van der Waals surface area contributed by atoms with Crippen LogP contribution >= 0.6 is 0 Å². The van der Waals surface area contributed by atoms with E-state index in [0.717, 1.165) is 51.4 Å². The standard InChI is InChI=1S/C18H28N4O/c23-18(20-14-16-2-1-3-16)21-17-7-12-22(13-8-17)11-6-15-4-9-19-10-5-15/h4-5,9-10,16-17H,1-3,6-8,11-14H2,(H2,20,21,23). The molecule has 1 saturated carbocycles.